The van der Waals surface area contributed by atoms with E-state index in [9.17, 15) is 0 Å². The van der Waals surface area contributed by atoms with Gasteiger partial charge in [0.2, 0.25) is 0 Å². The molecule has 0 bridgehead atoms. The molecule has 5 nitrogen and oxygen atoms in total. The maximum Gasteiger partial charge on any atom is 0.0979 e. The molecule has 5 heteroatoms. The predicted octanol–water partition coefficient (Wildman–Crippen LogP) is 1.74. The van der Waals surface area contributed by atoms with Crippen LogP contribution in [0.25, 0.3) is 0 Å². The molecule has 0 aromatic heterocycles. The zero-order chi connectivity index (χ0) is 10.6. The summed E-state index contributed by atoms with van der Waals surface area (Å²) in [6.45, 7) is 2.83. The predicted molar refractivity (Wildman–Crippen MR) is 54.6 cm³/mol. The summed E-state index contributed by atoms with van der Waals surface area (Å²) in [5.74, 6) is 0. The van der Waals surface area contributed by atoms with Gasteiger partial charge in [0.05, 0.1) is 13.2 Å². The Hall–Kier alpha value is -0.200. The van der Waals surface area contributed by atoms with Crippen LogP contribution in [0.15, 0.2) is 0 Å². The van der Waals surface area contributed by atoms with Gasteiger partial charge in [0, 0.05) is 6.54 Å². The van der Waals surface area contributed by atoms with Crippen LogP contribution < -0.4 is 5.32 Å². The van der Waals surface area contributed by atoms with Crippen LogP contribution >= 0.6 is 0 Å². The van der Waals surface area contributed by atoms with Crippen LogP contribution in [0.5, 0.6) is 0 Å². The van der Waals surface area contributed by atoms with Gasteiger partial charge in [0.15, 0.2) is 0 Å². The Labute approximate surface area is 90.8 Å². The minimum Gasteiger partial charge on any atom is -0.314 e. The molecule has 0 amide bonds. The normalized spacial score (nSPS) is 24.0. The van der Waals surface area contributed by atoms with Crippen LogP contribution in [0.1, 0.15) is 38.5 Å². The fraction of sp³-hybridized carbons (Fsp3) is 1.00. The molecule has 1 saturated heterocycles. The lowest BCUT2D eigenvalue weighted by Gasteiger charge is -2.03. The standard InChI is InChI=1S/C10H21NO4/c1-2-4-6-9-12-14-15-13-10-8-11-7-5-3-1/h11H,1-10H2. The minimum absolute atomic E-state index is 0.462. The van der Waals surface area contributed by atoms with Gasteiger partial charge >= 0.3 is 0 Å². The van der Waals surface area contributed by atoms with Gasteiger partial charge in [-0.25, -0.2) is 9.78 Å². The molecule has 0 aromatic carbocycles. The molecule has 1 rings (SSSR count). The zero-order valence-corrected chi connectivity index (χ0v) is 9.20. The molecule has 0 saturated carbocycles. The fourth-order valence-electron chi connectivity index (χ4n) is 1.46. The molecular weight excluding hydrogens is 198 g/mol. The van der Waals surface area contributed by atoms with Gasteiger partial charge in [0.1, 0.15) is 0 Å². The van der Waals surface area contributed by atoms with Gasteiger partial charge < -0.3 is 5.32 Å². The van der Waals surface area contributed by atoms with Gasteiger partial charge in [-0.15, -0.1) is 0 Å². The number of hydrogen-bond donors (Lipinski definition) is 1. The van der Waals surface area contributed by atoms with E-state index >= 15 is 0 Å². The van der Waals surface area contributed by atoms with Crippen molar-refractivity contribution >= 4 is 0 Å². The fourth-order valence-corrected chi connectivity index (χ4v) is 1.46. The third kappa shape index (κ3) is 8.77. The third-order valence-electron chi connectivity index (χ3n) is 2.32. The van der Waals surface area contributed by atoms with Crippen LogP contribution in [0, 0.1) is 0 Å². The van der Waals surface area contributed by atoms with Crippen molar-refractivity contribution < 1.29 is 19.9 Å². The van der Waals surface area contributed by atoms with Crippen molar-refractivity contribution in [2.24, 2.45) is 0 Å². The van der Waals surface area contributed by atoms with E-state index in [1.165, 1.54) is 32.1 Å². The molecule has 0 aliphatic carbocycles. The second-order valence-electron chi connectivity index (χ2n) is 3.65. The van der Waals surface area contributed by atoms with Gasteiger partial charge in [-0.05, 0) is 29.5 Å². The summed E-state index contributed by atoms with van der Waals surface area (Å²) in [5.41, 5.74) is 0. The van der Waals surface area contributed by atoms with Crippen molar-refractivity contribution in [1.82, 2.24) is 5.32 Å². The lowest BCUT2D eigenvalue weighted by molar-refractivity contribution is -0.633. The summed E-state index contributed by atoms with van der Waals surface area (Å²) in [6, 6.07) is 0. The van der Waals surface area contributed by atoms with E-state index in [0.717, 1.165) is 19.5 Å². The minimum atomic E-state index is 0.462. The third-order valence-corrected chi connectivity index (χ3v) is 2.32. The Morgan fingerprint density at radius 3 is 2.13 bits per heavy atom. The highest BCUT2D eigenvalue weighted by molar-refractivity contribution is 4.49. The lowest BCUT2D eigenvalue weighted by Crippen LogP contribution is -2.21. The van der Waals surface area contributed by atoms with Crippen molar-refractivity contribution in [3.05, 3.63) is 0 Å². The van der Waals surface area contributed by atoms with E-state index in [0.29, 0.717) is 13.2 Å². The Morgan fingerprint density at radius 1 is 0.600 bits per heavy atom. The summed E-state index contributed by atoms with van der Waals surface area (Å²) >= 11 is 0. The average molecular weight is 219 g/mol. The highest BCUT2D eigenvalue weighted by Crippen LogP contribution is 2.05. The molecule has 0 unspecified atom stereocenters. The van der Waals surface area contributed by atoms with Crippen LogP contribution in [-0.2, 0) is 19.9 Å². The van der Waals surface area contributed by atoms with E-state index < -0.39 is 0 Å². The van der Waals surface area contributed by atoms with Crippen molar-refractivity contribution in [1.29, 1.82) is 0 Å². The molecule has 90 valence electrons. The van der Waals surface area contributed by atoms with E-state index in [2.05, 4.69) is 15.4 Å². The van der Waals surface area contributed by atoms with Crippen molar-refractivity contribution in [3.8, 4) is 0 Å². The molecule has 1 heterocycles. The zero-order valence-electron chi connectivity index (χ0n) is 9.20. The second kappa shape index (κ2) is 10.3. The Balaban J connectivity index is 2.01. The molecule has 0 radical (unpaired) electrons. The first-order valence-corrected chi connectivity index (χ1v) is 5.78. The monoisotopic (exact) mass is 219 g/mol. The highest BCUT2D eigenvalue weighted by atomic mass is 17.7. The lowest BCUT2D eigenvalue weighted by atomic mass is 10.1. The molecule has 0 aromatic rings. The van der Waals surface area contributed by atoms with Gasteiger partial charge in [-0.3, -0.25) is 0 Å². The van der Waals surface area contributed by atoms with E-state index in [-0.39, 0.29) is 0 Å². The van der Waals surface area contributed by atoms with Gasteiger partial charge in [0.25, 0.3) is 0 Å². The maximum absolute atomic E-state index is 4.74. The number of hydrogen-bond acceptors (Lipinski definition) is 5. The molecule has 1 aliphatic heterocycles. The highest BCUT2D eigenvalue weighted by Gasteiger charge is 1.96. The average Bonchev–Trinajstić information content (AvgIpc) is 2.27. The largest absolute Gasteiger partial charge is 0.314 e. The Kier molecular flexibility index (Phi) is 8.85. The topological polar surface area (TPSA) is 49.0 Å². The Morgan fingerprint density at radius 2 is 1.27 bits per heavy atom. The Bertz CT molecular complexity index is 76.0. The van der Waals surface area contributed by atoms with Crippen molar-refractivity contribution in [2.45, 2.75) is 38.5 Å². The molecule has 1 aliphatic rings. The first-order valence-electron chi connectivity index (χ1n) is 5.78. The van der Waals surface area contributed by atoms with E-state index in [1.807, 2.05) is 0 Å². The molecular formula is C10H21NO4. The van der Waals surface area contributed by atoms with Gasteiger partial charge in [-0.2, -0.15) is 0 Å². The van der Waals surface area contributed by atoms with Crippen molar-refractivity contribution in [2.75, 3.05) is 26.3 Å². The summed E-state index contributed by atoms with van der Waals surface area (Å²) < 4.78 is 0. The van der Waals surface area contributed by atoms with E-state index in [1.54, 1.807) is 0 Å². The summed E-state index contributed by atoms with van der Waals surface area (Å²) in [4.78, 5) is 9.44. The van der Waals surface area contributed by atoms with Crippen LogP contribution in [0.4, 0.5) is 0 Å². The second-order valence-corrected chi connectivity index (χ2v) is 3.65. The van der Waals surface area contributed by atoms with Crippen molar-refractivity contribution in [3.63, 3.8) is 0 Å². The van der Waals surface area contributed by atoms with Gasteiger partial charge in [-0.1, -0.05) is 25.7 Å². The smallest absolute Gasteiger partial charge is 0.0979 e. The molecule has 1 fully saturated rings. The van der Waals surface area contributed by atoms with Crippen LogP contribution in [0.2, 0.25) is 0 Å². The maximum atomic E-state index is 4.74. The molecule has 0 atom stereocenters. The summed E-state index contributed by atoms with van der Waals surface area (Å²) in [7, 11) is 0. The summed E-state index contributed by atoms with van der Waals surface area (Å²) in [5, 5.41) is 12.0. The molecule has 15 heavy (non-hydrogen) atoms. The first-order chi connectivity index (χ1) is 7.50. The van der Waals surface area contributed by atoms with E-state index in [4.69, 9.17) is 9.78 Å². The number of nitrogens with one attached hydrogen (secondary N) is 1. The quantitative estimate of drug-likeness (QED) is 0.629. The number of rotatable bonds is 0. The SMILES string of the molecule is C1CCCCOOOOCCNCCC1. The molecule has 0 spiro atoms. The summed E-state index contributed by atoms with van der Waals surface area (Å²) in [6.07, 6.45) is 7.27. The van der Waals surface area contributed by atoms with Crippen LogP contribution in [0.3, 0.4) is 0 Å². The first kappa shape index (κ1) is 12.9. The molecule has 1 N–H and O–H groups in total. The van der Waals surface area contributed by atoms with Crippen LogP contribution in [-0.4, -0.2) is 26.3 Å².